The van der Waals surface area contributed by atoms with Crippen LogP contribution in [0.2, 0.25) is 5.02 Å². The zero-order valence-corrected chi connectivity index (χ0v) is 13.1. The fourth-order valence-electron chi connectivity index (χ4n) is 3.43. The van der Waals surface area contributed by atoms with E-state index in [1.165, 1.54) is 31.4 Å². The predicted octanol–water partition coefficient (Wildman–Crippen LogP) is 3.61. The topological polar surface area (TPSA) is 29.3 Å². The molecule has 1 fully saturated rings. The minimum Gasteiger partial charge on any atom is -0.326 e. The summed E-state index contributed by atoms with van der Waals surface area (Å²) < 4.78 is 13.1. The van der Waals surface area contributed by atoms with E-state index >= 15 is 0 Å². The molecule has 1 unspecified atom stereocenters. The van der Waals surface area contributed by atoms with Crippen molar-refractivity contribution < 1.29 is 4.39 Å². The van der Waals surface area contributed by atoms with Crippen molar-refractivity contribution in [1.82, 2.24) is 4.90 Å². The second kappa shape index (κ2) is 6.42. The summed E-state index contributed by atoms with van der Waals surface area (Å²) in [7, 11) is 4.22. The first-order valence-corrected chi connectivity index (χ1v) is 7.70. The van der Waals surface area contributed by atoms with Crippen molar-refractivity contribution in [2.75, 3.05) is 14.1 Å². The van der Waals surface area contributed by atoms with Crippen LogP contribution in [0.25, 0.3) is 0 Å². The molecule has 0 aromatic heterocycles. The molecule has 1 aliphatic carbocycles. The van der Waals surface area contributed by atoms with Crippen LogP contribution >= 0.6 is 11.6 Å². The Bertz CT molecular complexity index is 456. The maximum atomic E-state index is 13.1. The molecule has 1 atom stereocenters. The zero-order chi connectivity index (χ0) is 14.8. The molecule has 0 aliphatic heterocycles. The van der Waals surface area contributed by atoms with Crippen molar-refractivity contribution in [2.24, 2.45) is 5.73 Å². The van der Waals surface area contributed by atoms with Gasteiger partial charge in [-0.15, -0.1) is 0 Å². The Morgan fingerprint density at radius 1 is 1.30 bits per heavy atom. The van der Waals surface area contributed by atoms with E-state index in [1.54, 1.807) is 6.07 Å². The number of hydrogen-bond acceptors (Lipinski definition) is 2. The van der Waals surface area contributed by atoms with Crippen molar-refractivity contribution in [3.63, 3.8) is 0 Å². The third-order valence-electron chi connectivity index (χ3n) is 4.76. The highest BCUT2D eigenvalue weighted by atomic mass is 35.5. The first-order chi connectivity index (χ1) is 9.45. The van der Waals surface area contributed by atoms with Crippen molar-refractivity contribution in [2.45, 2.75) is 50.1 Å². The van der Waals surface area contributed by atoms with E-state index in [0.717, 1.165) is 18.4 Å². The van der Waals surface area contributed by atoms with E-state index in [9.17, 15) is 4.39 Å². The molecule has 20 heavy (non-hydrogen) atoms. The van der Waals surface area contributed by atoms with Crippen molar-refractivity contribution in [1.29, 1.82) is 0 Å². The summed E-state index contributed by atoms with van der Waals surface area (Å²) in [5, 5.41) is 0.477. The van der Waals surface area contributed by atoms with Crippen LogP contribution in [0.15, 0.2) is 18.2 Å². The average Bonchev–Trinajstić information content (AvgIpc) is 2.42. The maximum Gasteiger partial charge on any atom is 0.124 e. The van der Waals surface area contributed by atoms with Crippen LogP contribution in [0.3, 0.4) is 0 Å². The summed E-state index contributed by atoms with van der Waals surface area (Å²) in [5.41, 5.74) is 7.50. The van der Waals surface area contributed by atoms with Gasteiger partial charge in [0, 0.05) is 16.6 Å². The second-order valence-corrected chi connectivity index (χ2v) is 6.51. The number of hydrogen-bond donors (Lipinski definition) is 1. The van der Waals surface area contributed by atoms with Crippen molar-refractivity contribution in [3.05, 3.63) is 34.6 Å². The molecule has 0 radical (unpaired) electrons. The first kappa shape index (κ1) is 15.7. The summed E-state index contributed by atoms with van der Waals surface area (Å²) in [5.74, 6) is -0.299. The molecule has 4 heteroatoms. The lowest BCUT2D eigenvalue weighted by atomic mass is 9.74. The molecule has 2 nitrogen and oxygen atoms in total. The predicted molar refractivity (Wildman–Crippen MR) is 82.6 cm³/mol. The van der Waals surface area contributed by atoms with E-state index in [1.807, 2.05) is 0 Å². The molecule has 0 bridgehead atoms. The lowest BCUT2D eigenvalue weighted by Crippen LogP contribution is -2.59. The summed E-state index contributed by atoms with van der Waals surface area (Å²) in [6.07, 6.45) is 6.68. The highest BCUT2D eigenvalue weighted by Crippen LogP contribution is 2.36. The van der Waals surface area contributed by atoms with Gasteiger partial charge < -0.3 is 10.6 Å². The Morgan fingerprint density at radius 2 is 1.95 bits per heavy atom. The number of rotatable bonds is 4. The molecule has 0 amide bonds. The summed E-state index contributed by atoms with van der Waals surface area (Å²) in [4.78, 5) is 2.27. The highest BCUT2D eigenvalue weighted by molar-refractivity contribution is 6.31. The quantitative estimate of drug-likeness (QED) is 0.920. The van der Waals surface area contributed by atoms with Gasteiger partial charge in [0.05, 0.1) is 0 Å². The summed E-state index contributed by atoms with van der Waals surface area (Å²) >= 11 is 6.13. The molecule has 0 heterocycles. The Kier molecular flexibility index (Phi) is 5.05. The molecular weight excluding hydrogens is 275 g/mol. The van der Waals surface area contributed by atoms with Gasteiger partial charge in [-0.05, 0) is 51.1 Å². The standard InChI is InChI=1S/C16H24ClFN2/c1-20(2)16(8-4-3-5-9-16)15(19)10-12-6-7-13(18)11-14(12)17/h6-7,11,15H,3-5,8-10,19H2,1-2H3. The van der Waals surface area contributed by atoms with Gasteiger partial charge in [-0.25, -0.2) is 4.39 Å². The highest BCUT2D eigenvalue weighted by Gasteiger charge is 2.39. The van der Waals surface area contributed by atoms with Gasteiger partial charge in [0.2, 0.25) is 0 Å². The van der Waals surface area contributed by atoms with E-state index < -0.39 is 0 Å². The van der Waals surface area contributed by atoms with Crippen LogP contribution < -0.4 is 5.73 Å². The average molecular weight is 299 g/mol. The monoisotopic (exact) mass is 298 g/mol. The molecule has 1 aromatic carbocycles. The fraction of sp³-hybridized carbons (Fsp3) is 0.625. The van der Waals surface area contributed by atoms with Crippen molar-refractivity contribution in [3.8, 4) is 0 Å². The Morgan fingerprint density at radius 3 is 2.50 bits per heavy atom. The van der Waals surface area contributed by atoms with Crippen LogP contribution in [-0.4, -0.2) is 30.6 Å². The van der Waals surface area contributed by atoms with Crippen LogP contribution in [0.4, 0.5) is 4.39 Å². The van der Waals surface area contributed by atoms with Crippen LogP contribution in [0.1, 0.15) is 37.7 Å². The van der Waals surface area contributed by atoms with Gasteiger partial charge in [-0.1, -0.05) is 36.9 Å². The summed E-state index contributed by atoms with van der Waals surface area (Å²) in [6, 6.07) is 4.59. The molecule has 112 valence electrons. The number of nitrogens with two attached hydrogens (primary N) is 1. The third kappa shape index (κ3) is 3.16. The van der Waals surface area contributed by atoms with E-state index in [2.05, 4.69) is 19.0 Å². The SMILES string of the molecule is CN(C)C1(C(N)Cc2ccc(F)cc2Cl)CCCCC1. The number of likely N-dealkylation sites (N-methyl/N-ethyl adjacent to an activating group) is 1. The Hall–Kier alpha value is -0.640. The number of halogens is 2. The van der Waals surface area contributed by atoms with Crippen molar-refractivity contribution >= 4 is 11.6 Å². The maximum absolute atomic E-state index is 13.1. The molecule has 1 aromatic rings. The molecule has 0 spiro atoms. The smallest absolute Gasteiger partial charge is 0.124 e. The lowest BCUT2D eigenvalue weighted by molar-refractivity contribution is 0.0716. The van der Waals surface area contributed by atoms with Crippen LogP contribution in [0, 0.1) is 5.82 Å². The van der Waals surface area contributed by atoms with Gasteiger partial charge in [-0.3, -0.25) is 0 Å². The molecule has 2 N–H and O–H groups in total. The number of nitrogens with zero attached hydrogens (tertiary/aromatic N) is 1. The third-order valence-corrected chi connectivity index (χ3v) is 5.11. The normalized spacial score (nSPS) is 20.1. The van der Waals surface area contributed by atoms with E-state index in [4.69, 9.17) is 17.3 Å². The zero-order valence-electron chi connectivity index (χ0n) is 12.3. The Labute approximate surface area is 126 Å². The summed E-state index contributed by atoms with van der Waals surface area (Å²) in [6.45, 7) is 0. The van der Waals surface area contributed by atoms with Gasteiger partial charge in [-0.2, -0.15) is 0 Å². The largest absolute Gasteiger partial charge is 0.326 e. The molecule has 2 rings (SSSR count). The Balaban J connectivity index is 2.18. The van der Waals surface area contributed by atoms with Gasteiger partial charge in [0.15, 0.2) is 0 Å². The lowest BCUT2D eigenvalue weighted by Gasteiger charge is -2.47. The minimum atomic E-state index is -0.299. The van der Waals surface area contributed by atoms with Gasteiger partial charge >= 0.3 is 0 Å². The van der Waals surface area contributed by atoms with E-state index in [0.29, 0.717) is 11.4 Å². The first-order valence-electron chi connectivity index (χ1n) is 7.32. The molecule has 1 aliphatic rings. The minimum absolute atomic E-state index is 0.0146. The fourth-order valence-corrected chi connectivity index (χ4v) is 3.67. The number of benzene rings is 1. The van der Waals surface area contributed by atoms with Crippen LogP contribution in [0.5, 0.6) is 0 Å². The van der Waals surface area contributed by atoms with Gasteiger partial charge in [0.1, 0.15) is 5.82 Å². The molecule has 0 saturated heterocycles. The molecular formula is C16H24ClFN2. The molecule has 1 saturated carbocycles. The second-order valence-electron chi connectivity index (χ2n) is 6.11. The van der Waals surface area contributed by atoms with Crippen LogP contribution in [-0.2, 0) is 6.42 Å². The van der Waals surface area contributed by atoms with E-state index in [-0.39, 0.29) is 17.4 Å². The van der Waals surface area contributed by atoms with Gasteiger partial charge in [0.25, 0.3) is 0 Å².